The lowest BCUT2D eigenvalue weighted by Gasteiger charge is -2.33. The molecule has 0 atom stereocenters. The molecule has 1 aliphatic rings. The van der Waals surface area contributed by atoms with Crippen molar-refractivity contribution in [3.8, 4) is 0 Å². The van der Waals surface area contributed by atoms with E-state index in [9.17, 15) is 0 Å². The van der Waals surface area contributed by atoms with Gasteiger partial charge in [-0.1, -0.05) is 62.3 Å². The Balaban J connectivity index is 3.49. The topological polar surface area (TPSA) is 36.4 Å². The maximum absolute atomic E-state index is 9.12. The number of hydrogen-bond acceptors (Lipinski definition) is 0. The summed E-state index contributed by atoms with van der Waals surface area (Å²) in [4.78, 5) is 3.40. The van der Waals surface area contributed by atoms with Crippen molar-refractivity contribution in [2.24, 2.45) is 21.7 Å². The summed E-state index contributed by atoms with van der Waals surface area (Å²) in [6, 6.07) is 0. The first-order valence-electron chi connectivity index (χ1n) is 6.75. The minimum Gasteiger partial charge on any atom is -0.362 e. The predicted octanol–water partition coefficient (Wildman–Crippen LogP) is 4.72. The van der Waals surface area contributed by atoms with E-state index in [2.05, 4.69) is 67.1 Å². The van der Waals surface area contributed by atoms with Crippen LogP contribution in [-0.4, -0.2) is 11.0 Å². The average molecular weight is 248 g/mol. The van der Waals surface area contributed by atoms with Gasteiger partial charge in [0.1, 0.15) is 5.41 Å². The third-order valence-electron chi connectivity index (χ3n) is 3.91. The molecule has 1 rings (SSSR count). The van der Waals surface area contributed by atoms with Gasteiger partial charge in [0.05, 0.1) is 0 Å². The number of nitrogens with zero attached hydrogens (tertiary/aromatic N) is 2. The zero-order valence-electron chi connectivity index (χ0n) is 13.5. The quantitative estimate of drug-likeness (QED) is 0.278. The van der Waals surface area contributed by atoms with Crippen LogP contribution in [0.5, 0.6) is 0 Å². The van der Waals surface area contributed by atoms with Gasteiger partial charge in [-0.25, -0.2) is 0 Å². The van der Waals surface area contributed by atoms with E-state index < -0.39 is 0 Å². The molecule has 0 aromatic carbocycles. The van der Waals surface area contributed by atoms with Crippen LogP contribution in [0.3, 0.4) is 0 Å². The van der Waals surface area contributed by atoms with Gasteiger partial charge >= 0.3 is 0 Å². The lowest BCUT2D eigenvalue weighted by Crippen LogP contribution is -2.33. The monoisotopic (exact) mass is 248 g/mol. The maximum Gasteiger partial charge on any atom is 0.272 e. The molecule has 2 nitrogen and oxygen atoms in total. The van der Waals surface area contributed by atoms with Crippen molar-refractivity contribution in [3.05, 3.63) is 16.7 Å². The van der Waals surface area contributed by atoms with Gasteiger partial charge in [-0.15, -0.1) is 0 Å². The fraction of sp³-hybridized carbons (Fsp3) is 0.812. The summed E-state index contributed by atoms with van der Waals surface area (Å²) in [6.45, 7) is 20.1. The van der Waals surface area contributed by atoms with E-state index in [0.717, 1.165) is 0 Å². The second-order valence-electron chi connectivity index (χ2n) is 8.55. The zero-order valence-corrected chi connectivity index (χ0v) is 13.5. The zero-order chi connectivity index (χ0) is 14.6. The summed E-state index contributed by atoms with van der Waals surface area (Å²) in [5.74, 6) is 0. The largest absolute Gasteiger partial charge is 0.362 e. The summed E-state index contributed by atoms with van der Waals surface area (Å²) in [5, 5.41) is 0. The molecule has 0 aliphatic heterocycles. The van der Waals surface area contributed by atoms with Crippen molar-refractivity contribution in [2.45, 2.75) is 62.3 Å². The summed E-state index contributed by atoms with van der Waals surface area (Å²) < 4.78 is 0. The molecule has 18 heavy (non-hydrogen) atoms. The molecule has 0 spiro atoms. The van der Waals surface area contributed by atoms with Gasteiger partial charge in [0, 0.05) is 0 Å². The molecule has 0 amide bonds. The van der Waals surface area contributed by atoms with Crippen LogP contribution in [0.25, 0.3) is 5.53 Å². The molecule has 0 aromatic rings. The summed E-state index contributed by atoms with van der Waals surface area (Å²) in [5.41, 5.74) is 12.1. The van der Waals surface area contributed by atoms with Crippen molar-refractivity contribution < 1.29 is 4.79 Å². The van der Waals surface area contributed by atoms with E-state index in [0.29, 0.717) is 0 Å². The normalized spacial score (nSPS) is 19.6. The fourth-order valence-electron chi connectivity index (χ4n) is 3.39. The third kappa shape index (κ3) is 2.07. The van der Waals surface area contributed by atoms with Gasteiger partial charge in [-0.05, 0) is 27.4 Å². The van der Waals surface area contributed by atoms with E-state index in [1.165, 1.54) is 11.1 Å². The Kier molecular flexibility index (Phi) is 3.21. The van der Waals surface area contributed by atoms with Crippen molar-refractivity contribution in [2.75, 3.05) is 0 Å². The van der Waals surface area contributed by atoms with Crippen LogP contribution in [0, 0.1) is 21.7 Å². The van der Waals surface area contributed by atoms with Crippen LogP contribution in [0.2, 0.25) is 0 Å². The van der Waals surface area contributed by atoms with E-state index in [-0.39, 0.29) is 21.7 Å². The highest BCUT2D eigenvalue weighted by Crippen LogP contribution is 2.71. The molecule has 102 valence electrons. The molecule has 0 bridgehead atoms. The molecule has 0 fully saturated rings. The van der Waals surface area contributed by atoms with Gasteiger partial charge in [0.25, 0.3) is 6.21 Å². The molecule has 2 heteroatoms. The SMILES string of the molecule is CC(C)(C)C1=C(C(C)(C)C)C1(C=[N+]=[N-])C(C)(C)C. The van der Waals surface area contributed by atoms with Crippen LogP contribution in [-0.2, 0) is 0 Å². The first-order valence-corrected chi connectivity index (χ1v) is 6.75. The minimum absolute atomic E-state index is 0.0322. The van der Waals surface area contributed by atoms with Gasteiger partial charge in [-0.2, -0.15) is 4.79 Å². The van der Waals surface area contributed by atoms with E-state index >= 15 is 0 Å². The van der Waals surface area contributed by atoms with Crippen molar-refractivity contribution in [3.63, 3.8) is 0 Å². The molecule has 0 saturated heterocycles. The smallest absolute Gasteiger partial charge is 0.272 e. The highest BCUT2D eigenvalue weighted by molar-refractivity contribution is 5.84. The molecular formula is C16H28N2. The molecule has 0 saturated carbocycles. The van der Waals surface area contributed by atoms with E-state index in [1.54, 1.807) is 6.21 Å². The van der Waals surface area contributed by atoms with E-state index in [4.69, 9.17) is 5.53 Å². The standard InChI is InChI=1S/C16H28N2/c1-13(2,3)11-12(14(4,5)6)16(11,10-18-17)15(7,8)9/h10H,1-9H3. The van der Waals surface area contributed by atoms with E-state index in [1.807, 2.05) is 0 Å². The van der Waals surface area contributed by atoms with Crippen LogP contribution in [0.4, 0.5) is 0 Å². The van der Waals surface area contributed by atoms with Crippen LogP contribution < -0.4 is 0 Å². The summed E-state index contributed by atoms with van der Waals surface area (Å²) >= 11 is 0. The summed E-state index contributed by atoms with van der Waals surface area (Å²) in [6.07, 6.45) is 1.74. The Morgan fingerprint density at radius 3 is 1.33 bits per heavy atom. The predicted molar refractivity (Wildman–Crippen MR) is 77.5 cm³/mol. The second-order valence-corrected chi connectivity index (χ2v) is 8.55. The van der Waals surface area contributed by atoms with Crippen LogP contribution in [0.15, 0.2) is 11.1 Å². The highest BCUT2D eigenvalue weighted by atomic mass is 14.9. The van der Waals surface area contributed by atoms with Gasteiger partial charge in [0.2, 0.25) is 0 Å². The number of allylic oxidation sites excluding steroid dienone is 2. The first-order chi connectivity index (χ1) is 7.80. The van der Waals surface area contributed by atoms with Crippen molar-refractivity contribution >= 4 is 6.21 Å². The highest BCUT2D eigenvalue weighted by Gasteiger charge is 2.67. The number of hydrogen-bond donors (Lipinski definition) is 0. The minimum atomic E-state index is -0.168. The fourth-order valence-corrected chi connectivity index (χ4v) is 3.39. The Bertz CT molecular complexity index is 403. The molecule has 0 N–H and O–H groups in total. The third-order valence-corrected chi connectivity index (χ3v) is 3.91. The lowest BCUT2D eigenvalue weighted by atomic mass is 9.67. The molecule has 0 unspecified atom stereocenters. The molecule has 1 aliphatic carbocycles. The Morgan fingerprint density at radius 1 is 0.833 bits per heavy atom. The van der Waals surface area contributed by atoms with Crippen molar-refractivity contribution in [1.29, 1.82) is 0 Å². The average Bonchev–Trinajstić information content (AvgIpc) is 2.72. The molecule has 0 aromatic heterocycles. The van der Waals surface area contributed by atoms with Crippen LogP contribution in [0.1, 0.15) is 62.3 Å². The molecule has 0 radical (unpaired) electrons. The Morgan fingerprint density at radius 2 is 1.17 bits per heavy atom. The Labute approximate surface area is 112 Å². The first kappa shape index (κ1) is 15.2. The second kappa shape index (κ2) is 3.81. The maximum atomic E-state index is 9.12. The molecule has 0 heterocycles. The van der Waals surface area contributed by atoms with Gasteiger partial charge < -0.3 is 5.53 Å². The van der Waals surface area contributed by atoms with Gasteiger partial charge in [0.15, 0.2) is 0 Å². The summed E-state index contributed by atoms with van der Waals surface area (Å²) in [7, 11) is 0. The number of rotatable bonds is 1. The van der Waals surface area contributed by atoms with Crippen molar-refractivity contribution in [1.82, 2.24) is 0 Å². The van der Waals surface area contributed by atoms with Crippen LogP contribution >= 0.6 is 0 Å². The lowest BCUT2D eigenvalue weighted by molar-refractivity contribution is -0.0104. The van der Waals surface area contributed by atoms with Gasteiger partial charge in [-0.3, -0.25) is 0 Å². The molecular weight excluding hydrogens is 220 g/mol. The Hall–Kier alpha value is -0.880.